The first-order valence-electron chi connectivity index (χ1n) is 12.2. The molecule has 0 radical (unpaired) electrons. The van der Waals surface area contributed by atoms with Gasteiger partial charge >= 0.3 is 17.6 Å². The molecule has 0 aliphatic carbocycles. The summed E-state index contributed by atoms with van der Waals surface area (Å²) in [5.41, 5.74) is -3.45. The number of amides is 3. The number of aromatic nitrogens is 4. The number of nitrogens with one attached hydrogen (secondary N) is 4. The number of ether oxygens (including phenoxy) is 2. The van der Waals surface area contributed by atoms with Crippen LogP contribution in [0.1, 0.15) is 0 Å². The number of alkyl halides is 3. The Bertz CT molecular complexity index is 1520. The molecule has 5 rings (SSSR count). The van der Waals surface area contributed by atoms with Gasteiger partial charge in [0.15, 0.2) is 10.8 Å². The average Bonchev–Trinajstić information content (AvgIpc) is 3.58. The maximum absolute atomic E-state index is 12.6. The minimum absolute atomic E-state index is 0.0593. The van der Waals surface area contributed by atoms with Gasteiger partial charge in [-0.15, -0.1) is 0 Å². The minimum atomic E-state index is -4.44. The molecule has 4 aromatic rings. The van der Waals surface area contributed by atoms with E-state index < -0.39 is 17.6 Å². The van der Waals surface area contributed by atoms with Crippen molar-refractivity contribution in [2.24, 2.45) is 0 Å². The molecule has 1 aromatic carbocycles. The molecule has 0 spiro atoms. The molecule has 3 aromatic heterocycles. The lowest BCUT2D eigenvalue weighted by molar-refractivity contribution is -0.0328. The summed E-state index contributed by atoms with van der Waals surface area (Å²) in [5, 5.41) is 15.2. The van der Waals surface area contributed by atoms with E-state index in [4.69, 9.17) is 9.47 Å². The number of benzene rings is 1. The highest BCUT2D eigenvalue weighted by atomic mass is 32.2. The van der Waals surface area contributed by atoms with Crippen molar-refractivity contribution in [2.45, 2.75) is 10.4 Å². The lowest BCUT2D eigenvalue weighted by Crippen LogP contribution is -2.41. The Kier molecular flexibility index (Phi) is 8.87. The van der Waals surface area contributed by atoms with Gasteiger partial charge in [-0.2, -0.15) is 18.3 Å². The first-order valence-corrected chi connectivity index (χ1v) is 13.8. The number of aromatic amines is 1. The number of carbonyl (C=O) groups is 2. The molecule has 0 bridgehead atoms. The van der Waals surface area contributed by atoms with Crippen LogP contribution in [-0.2, 0) is 4.74 Å². The van der Waals surface area contributed by atoms with Crippen LogP contribution in [0.4, 0.5) is 33.6 Å². The number of thiazole rings is 1. The van der Waals surface area contributed by atoms with Crippen LogP contribution in [-0.4, -0.2) is 82.1 Å². The van der Waals surface area contributed by atoms with E-state index >= 15 is 0 Å². The quantitative estimate of drug-likeness (QED) is 0.208. The molecule has 41 heavy (non-hydrogen) atoms. The fourth-order valence-corrected chi connectivity index (χ4v) is 5.24. The van der Waals surface area contributed by atoms with Crippen molar-refractivity contribution in [3.63, 3.8) is 0 Å². The molecule has 12 nitrogen and oxygen atoms in total. The predicted octanol–water partition coefficient (Wildman–Crippen LogP) is 4.76. The molecule has 4 heterocycles. The molecular formula is C24H23F3N8O4S2. The van der Waals surface area contributed by atoms with Gasteiger partial charge in [0.05, 0.1) is 35.4 Å². The predicted molar refractivity (Wildman–Crippen MR) is 147 cm³/mol. The third kappa shape index (κ3) is 8.06. The molecular weight excluding hydrogens is 585 g/mol. The number of pyridine rings is 1. The summed E-state index contributed by atoms with van der Waals surface area (Å²) < 4.78 is 48.8. The van der Waals surface area contributed by atoms with Crippen LogP contribution in [0.15, 0.2) is 47.6 Å². The van der Waals surface area contributed by atoms with Crippen molar-refractivity contribution in [1.29, 1.82) is 0 Å². The van der Waals surface area contributed by atoms with Crippen molar-refractivity contribution in [2.75, 3.05) is 50.0 Å². The summed E-state index contributed by atoms with van der Waals surface area (Å²) in [6.07, 6.45) is 2.35. The number of anilines is 2. The fraction of sp³-hybridized carbons (Fsp3) is 0.292. The van der Waals surface area contributed by atoms with Gasteiger partial charge in [0.25, 0.3) is 0 Å². The highest BCUT2D eigenvalue weighted by Gasteiger charge is 2.29. The van der Waals surface area contributed by atoms with Crippen LogP contribution >= 0.6 is 23.1 Å². The second-order valence-electron chi connectivity index (χ2n) is 8.59. The van der Waals surface area contributed by atoms with Crippen LogP contribution in [0.5, 0.6) is 5.75 Å². The lowest BCUT2D eigenvalue weighted by atomic mass is 10.2. The number of urea groups is 1. The van der Waals surface area contributed by atoms with E-state index in [2.05, 4.69) is 41.0 Å². The van der Waals surface area contributed by atoms with E-state index in [1.807, 2.05) is 0 Å². The molecule has 4 N–H and O–H groups in total. The largest absolute Gasteiger partial charge is 0.446 e. The normalized spacial score (nSPS) is 14.1. The first-order chi connectivity index (χ1) is 19.7. The molecule has 0 atom stereocenters. The smallest absolute Gasteiger partial charge is 0.409 e. The third-order valence-corrected chi connectivity index (χ3v) is 7.35. The highest BCUT2D eigenvalue weighted by Crippen LogP contribution is 2.38. The maximum Gasteiger partial charge on any atom is 0.446 e. The topological polar surface area (TPSA) is 146 Å². The van der Waals surface area contributed by atoms with Gasteiger partial charge in [-0.1, -0.05) is 17.4 Å². The number of hydrogen-bond acceptors (Lipinski definition) is 10. The molecule has 17 heteroatoms. The summed E-state index contributed by atoms with van der Waals surface area (Å²) in [6.45, 7) is 4.02. The van der Waals surface area contributed by atoms with E-state index in [1.165, 1.54) is 36.7 Å². The van der Waals surface area contributed by atoms with E-state index in [-0.39, 0.29) is 33.2 Å². The summed E-state index contributed by atoms with van der Waals surface area (Å²) in [5.74, 6) is 0.236. The summed E-state index contributed by atoms with van der Waals surface area (Å²) in [7, 11) is 0. The molecule has 1 aliphatic heterocycles. The van der Waals surface area contributed by atoms with Crippen molar-refractivity contribution >= 4 is 57.1 Å². The number of nitrogens with zero attached hydrogens (tertiary/aromatic N) is 4. The molecule has 1 aliphatic rings. The zero-order chi connectivity index (χ0) is 28.8. The third-order valence-electron chi connectivity index (χ3n) is 5.69. The molecule has 1 fully saturated rings. The van der Waals surface area contributed by atoms with Crippen molar-refractivity contribution in [3.05, 3.63) is 42.7 Å². The van der Waals surface area contributed by atoms with Crippen molar-refractivity contribution in [1.82, 2.24) is 30.4 Å². The second kappa shape index (κ2) is 12.7. The number of H-pyrrole nitrogens is 1. The Morgan fingerprint density at radius 3 is 2.80 bits per heavy atom. The molecule has 1 saturated heterocycles. The zero-order valence-corrected chi connectivity index (χ0v) is 22.8. The number of hydrogen-bond donors (Lipinski definition) is 4. The molecule has 3 amide bonds. The average molecular weight is 609 g/mol. The van der Waals surface area contributed by atoms with Crippen LogP contribution in [0.25, 0.3) is 21.6 Å². The monoisotopic (exact) mass is 608 g/mol. The highest BCUT2D eigenvalue weighted by molar-refractivity contribution is 8.00. The van der Waals surface area contributed by atoms with Crippen LogP contribution in [0.2, 0.25) is 0 Å². The standard InChI is InChI=1S/C24H23F3N8O4S2/c25-24(26,27)41-15-3-1-2-14(10-15)31-21(36)33-22-29-13-19(40-22)17-11-18(16-12-30-34-20(16)32-17)39-23(37)28-4-5-35-6-8-38-9-7-35/h1-3,10-13H,4-9H2,(H,28,37)(H,30,32,34)(H2,29,31,33,36). The van der Waals surface area contributed by atoms with Crippen molar-refractivity contribution < 1.29 is 32.2 Å². The summed E-state index contributed by atoms with van der Waals surface area (Å²) in [6, 6.07) is 6.28. The van der Waals surface area contributed by atoms with Crippen LogP contribution in [0, 0.1) is 0 Å². The SMILES string of the molecule is O=C(Nc1cccc(SC(F)(F)F)c1)Nc1ncc(-c2cc(OC(=O)NCCN3CCOCC3)c3cn[nH]c3n2)s1. The number of halogens is 3. The van der Waals surface area contributed by atoms with Gasteiger partial charge in [-0.25, -0.2) is 19.6 Å². The Morgan fingerprint density at radius 2 is 2.00 bits per heavy atom. The number of rotatable bonds is 8. The van der Waals surface area contributed by atoms with E-state index in [9.17, 15) is 22.8 Å². The Labute approximate surface area is 239 Å². The minimum Gasteiger partial charge on any atom is -0.409 e. The number of carbonyl (C=O) groups excluding carboxylic acids is 2. The number of thioether (sulfide) groups is 1. The Hall–Kier alpha value is -3.93. The van der Waals surface area contributed by atoms with E-state index in [0.29, 0.717) is 47.9 Å². The van der Waals surface area contributed by atoms with Crippen LogP contribution in [0.3, 0.4) is 0 Å². The van der Waals surface area contributed by atoms with Gasteiger partial charge in [0.1, 0.15) is 5.75 Å². The van der Waals surface area contributed by atoms with E-state index in [0.717, 1.165) is 24.4 Å². The second-order valence-corrected chi connectivity index (χ2v) is 10.8. The van der Waals surface area contributed by atoms with Gasteiger partial charge < -0.3 is 20.1 Å². The maximum atomic E-state index is 12.6. The first kappa shape index (κ1) is 28.6. The van der Waals surface area contributed by atoms with Crippen molar-refractivity contribution in [3.8, 4) is 16.3 Å². The number of morpholine rings is 1. The Morgan fingerprint density at radius 1 is 1.17 bits per heavy atom. The number of fused-ring (bicyclic) bond motifs is 1. The fourth-order valence-electron chi connectivity index (χ4n) is 3.87. The molecule has 0 unspecified atom stereocenters. The van der Waals surface area contributed by atoms with Gasteiger partial charge in [0, 0.05) is 49.0 Å². The van der Waals surface area contributed by atoms with Gasteiger partial charge in [0.2, 0.25) is 0 Å². The Balaban J connectivity index is 1.21. The zero-order valence-electron chi connectivity index (χ0n) is 21.2. The summed E-state index contributed by atoms with van der Waals surface area (Å²) in [4.78, 5) is 36.3. The van der Waals surface area contributed by atoms with Crippen LogP contribution < -0.4 is 20.7 Å². The van der Waals surface area contributed by atoms with Gasteiger partial charge in [-0.05, 0) is 30.0 Å². The lowest BCUT2D eigenvalue weighted by Gasteiger charge is -2.26. The molecule has 0 saturated carbocycles. The van der Waals surface area contributed by atoms with E-state index in [1.54, 1.807) is 6.07 Å². The van der Waals surface area contributed by atoms with Gasteiger partial charge in [-0.3, -0.25) is 15.3 Å². The molecule has 216 valence electrons. The summed E-state index contributed by atoms with van der Waals surface area (Å²) >= 11 is 0.825.